The van der Waals surface area contributed by atoms with E-state index < -0.39 is 5.91 Å². The number of amides is 1. The van der Waals surface area contributed by atoms with Gasteiger partial charge in [-0.05, 0) is 48.6 Å². The highest BCUT2D eigenvalue weighted by atomic mass is 79.9. The molecule has 0 bridgehead atoms. The van der Waals surface area contributed by atoms with Crippen molar-refractivity contribution in [3.63, 3.8) is 0 Å². The van der Waals surface area contributed by atoms with E-state index in [-0.39, 0.29) is 16.2 Å². The van der Waals surface area contributed by atoms with Crippen LogP contribution in [0.1, 0.15) is 10.4 Å². The van der Waals surface area contributed by atoms with Gasteiger partial charge in [-0.2, -0.15) is 0 Å². The van der Waals surface area contributed by atoms with Crippen LogP contribution in [0.2, 0.25) is 0 Å². The van der Waals surface area contributed by atoms with Gasteiger partial charge in [0.15, 0.2) is 5.11 Å². The Labute approximate surface area is 156 Å². The maximum absolute atomic E-state index is 11.7. The number of carbonyl (C=O) groups is 1. The van der Waals surface area contributed by atoms with Crippen LogP contribution in [0.5, 0.6) is 0 Å². The van der Waals surface area contributed by atoms with Gasteiger partial charge in [-0.15, -0.1) is 5.10 Å². The van der Waals surface area contributed by atoms with E-state index in [4.69, 9.17) is 22.4 Å². The number of anilines is 1. The van der Waals surface area contributed by atoms with E-state index in [0.29, 0.717) is 5.58 Å². The summed E-state index contributed by atoms with van der Waals surface area (Å²) < 4.78 is 6.53. The number of halogens is 1. The third-order valence-electron chi connectivity index (χ3n) is 3.26. The molecule has 3 aromatic rings. The molecule has 8 heteroatoms. The SMILES string of the molecule is NC(=O)c1cc2cc(Br)ccc2o/c1=N/NC(=S)Nc1ccccc1. The van der Waals surface area contributed by atoms with Gasteiger partial charge in [0.05, 0.1) is 0 Å². The summed E-state index contributed by atoms with van der Waals surface area (Å²) in [4.78, 5) is 11.7. The molecule has 0 saturated heterocycles. The molecule has 1 heterocycles. The summed E-state index contributed by atoms with van der Waals surface area (Å²) in [5.74, 6) is -0.645. The Morgan fingerprint density at radius 1 is 1.16 bits per heavy atom. The van der Waals surface area contributed by atoms with Crippen LogP contribution in [0.15, 0.2) is 68.6 Å². The van der Waals surface area contributed by atoms with E-state index in [0.717, 1.165) is 15.5 Å². The second kappa shape index (κ2) is 7.45. The maximum atomic E-state index is 11.7. The first-order chi connectivity index (χ1) is 12.0. The summed E-state index contributed by atoms with van der Waals surface area (Å²) >= 11 is 8.55. The minimum Gasteiger partial charge on any atom is -0.436 e. The lowest BCUT2D eigenvalue weighted by Crippen LogP contribution is -2.29. The van der Waals surface area contributed by atoms with E-state index in [1.54, 1.807) is 12.1 Å². The first-order valence-electron chi connectivity index (χ1n) is 7.22. The molecular formula is C17H13BrN4O2S. The number of hydrogen-bond acceptors (Lipinski definition) is 4. The number of nitrogens with one attached hydrogen (secondary N) is 2. The number of hydrogen-bond donors (Lipinski definition) is 3. The normalized spacial score (nSPS) is 11.3. The molecule has 0 aliphatic heterocycles. The van der Waals surface area contributed by atoms with Crippen molar-refractivity contribution in [2.24, 2.45) is 10.8 Å². The molecule has 0 fully saturated rings. The van der Waals surface area contributed by atoms with Crippen molar-refractivity contribution in [1.82, 2.24) is 5.43 Å². The van der Waals surface area contributed by atoms with Crippen LogP contribution in [0, 0.1) is 0 Å². The molecule has 2 aromatic carbocycles. The number of primary amides is 1. The van der Waals surface area contributed by atoms with Gasteiger partial charge < -0.3 is 15.5 Å². The van der Waals surface area contributed by atoms with Gasteiger partial charge in [0.1, 0.15) is 11.1 Å². The quantitative estimate of drug-likeness (QED) is 0.450. The van der Waals surface area contributed by atoms with Crippen molar-refractivity contribution in [2.45, 2.75) is 0 Å². The second-order valence-electron chi connectivity index (χ2n) is 5.06. The molecule has 0 saturated carbocycles. The van der Waals surface area contributed by atoms with Crippen LogP contribution in [0.25, 0.3) is 11.0 Å². The molecule has 3 rings (SSSR count). The third-order valence-corrected chi connectivity index (χ3v) is 3.95. The number of fused-ring (bicyclic) bond motifs is 1. The molecule has 1 aromatic heterocycles. The lowest BCUT2D eigenvalue weighted by Gasteiger charge is -2.07. The highest BCUT2D eigenvalue weighted by molar-refractivity contribution is 9.10. The van der Waals surface area contributed by atoms with Gasteiger partial charge in [-0.1, -0.05) is 34.1 Å². The number of nitrogens with zero attached hydrogens (tertiary/aromatic N) is 1. The second-order valence-corrected chi connectivity index (χ2v) is 6.38. The largest absolute Gasteiger partial charge is 0.436 e. The summed E-state index contributed by atoms with van der Waals surface area (Å²) in [6, 6.07) is 16.4. The zero-order valence-corrected chi connectivity index (χ0v) is 15.2. The standard InChI is InChI=1S/C17H13BrN4O2S/c18-11-6-7-14-10(8-11)9-13(15(19)23)16(24-14)21-22-17(25)20-12-4-2-1-3-5-12/h1-9H,(H2,19,23)(H2,20,22,25)/b21-16+. The van der Waals surface area contributed by atoms with Gasteiger partial charge in [0, 0.05) is 15.5 Å². The highest BCUT2D eigenvalue weighted by Gasteiger charge is 2.09. The van der Waals surface area contributed by atoms with Crippen LogP contribution < -0.4 is 22.0 Å². The van der Waals surface area contributed by atoms with E-state index in [9.17, 15) is 4.79 Å². The van der Waals surface area contributed by atoms with E-state index in [2.05, 4.69) is 31.8 Å². The van der Waals surface area contributed by atoms with Gasteiger partial charge in [0.25, 0.3) is 5.91 Å². The fourth-order valence-corrected chi connectivity index (χ4v) is 2.69. The molecule has 0 spiro atoms. The van der Waals surface area contributed by atoms with Crippen LogP contribution in [-0.2, 0) is 0 Å². The topological polar surface area (TPSA) is 92.7 Å². The van der Waals surface area contributed by atoms with Crippen molar-refractivity contribution >= 4 is 55.8 Å². The zero-order valence-electron chi connectivity index (χ0n) is 12.8. The third kappa shape index (κ3) is 4.23. The molecule has 25 heavy (non-hydrogen) atoms. The van der Waals surface area contributed by atoms with Gasteiger partial charge in [-0.3, -0.25) is 4.79 Å². The maximum Gasteiger partial charge on any atom is 0.254 e. The number of rotatable bonds is 3. The van der Waals surface area contributed by atoms with Gasteiger partial charge >= 0.3 is 0 Å². The van der Waals surface area contributed by atoms with Crippen molar-refractivity contribution in [2.75, 3.05) is 5.32 Å². The number of para-hydroxylation sites is 1. The number of benzene rings is 2. The van der Waals surface area contributed by atoms with E-state index in [1.165, 1.54) is 0 Å². The summed E-state index contributed by atoms with van der Waals surface area (Å²) in [6.07, 6.45) is 0. The van der Waals surface area contributed by atoms with E-state index >= 15 is 0 Å². The molecule has 1 amide bonds. The number of carbonyl (C=O) groups excluding carboxylic acids is 1. The number of nitrogens with two attached hydrogens (primary N) is 1. The van der Waals surface area contributed by atoms with Crippen molar-refractivity contribution in [1.29, 1.82) is 0 Å². The molecule has 6 nitrogen and oxygen atoms in total. The Bertz CT molecular complexity index is 1020. The Morgan fingerprint density at radius 3 is 2.64 bits per heavy atom. The monoisotopic (exact) mass is 416 g/mol. The average Bonchev–Trinajstić information content (AvgIpc) is 2.60. The fourth-order valence-electron chi connectivity index (χ4n) is 2.14. The predicted octanol–water partition coefficient (Wildman–Crippen LogP) is 3.10. The minimum absolute atomic E-state index is 0.0551. The Balaban J connectivity index is 1.92. The first-order valence-corrected chi connectivity index (χ1v) is 8.42. The van der Waals surface area contributed by atoms with Gasteiger partial charge in [-0.25, -0.2) is 5.43 Å². The van der Waals surface area contributed by atoms with Crippen molar-refractivity contribution < 1.29 is 9.21 Å². The molecule has 0 unspecified atom stereocenters. The molecule has 0 aliphatic rings. The molecule has 0 radical (unpaired) electrons. The number of thiocarbonyl (C=S) groups is 1. The Kier molecular flexibility index (Phi) is 5.11. The summed E-state index contributed by atoms with van der Waals surface area (Å²) in [7, 11) is 0. The molecule has 0 atom stereocenters. The van der Waals surface area contributed by atoms with Crippen molar-refractivity contribution in [3.05, 3.63) is 70.2 Å². The van der Waals surface area contributed by atoms with Gasteiger partial charge in [0.2, 0.25) is 5.55 Å². The predicted molar refractivity (Wildman–Crippen MR) is 104 cm³/mol. The van der Waals surface area contributed by atoms with Crippen LogP contribution >= 0.6 is 28.1 Å². The molecular weight excluding hydrogens is 404 g/mol. The van der Waals surface area contributed by atoms with Crippen molar-refractivity contribution in [3.8, 4) is 0 Å². The fraction of sp³-hybridized carbons (Fsp3) is 0. The Hall–Kier alpha value is -2.71. The average molecular weight is 417 g/mol. The molecule has 126 valence electrons. The van der Waals surface area contributed by atoms with E-state index in [1.807, 2.05) is 42.5 Å². The highest BCUT2D eigenvalue weighted by Crippen LogP contribution is 2.19. The Morgan fingerprint density at radius 2 is 1.92 bits per heavy atom. The first kappa shape index (κ1) is 17.1. The summed E-state index contributed by atoms with van der Waals surface area (Å²) in [5.41, 5.74) is 9.66. The summed E-state index contributed by atoms with van der Waals surface area (Å²) in [5, 5.41) is 8.02. The lowest BCUT2D eigenvalue weighted by atomic mass is 10.2. The zero-order chi connectivity index (χ0) is 17.8. The van der Waals surface area contributed by atoms with Crippen LogP contribution in [0.4, 0.5) is 5.69 Å². The molecule has 4 N–H and O–H groups in total. The molecule has 0 aliphatic carbocycles. The van der Waals surface area contributed by atoms with Crippen LogP contribution in [0.3, 0.4) is 0 Å². The summed E-state index contributed by atoms with van der Waals surface area (Å²) in [6.45, 7) is 0. The minimum atomic E-state index is -0.645. The van der Waals surface area contributed by atoms with Crippen LogP contribution in [-0.4, -0.2) is 11.0 Å². The lowest BCUT2D eigenvalue weighted by molar-refractivity contribution is 0.0996. The smallest absolute Gasteiger partial charge is 0.254 e.